The van der Waals surface area contributed by atoms with E-state index in [1.165, 1.54) is 11.1 Å². The van der Waals surface area contributed by atoms with E-state index >= 15 is 0 Å². The molecule has 1 atom stereocenters. The summed E-state index contributed by atoms with van der Waals surface area (Å²) in [4.78, 5) is 0. The molecule has 1 aromatic rings. The zero-order valence-corrected chi connectivity index (χ0v) is 11.7. The Morgan fingerprint density at radius 3 is 2.71 bits per heavy atom. The van der Waals surface area contributed by atoms with Crippen molar-refractivity contribution in [3.8, 4) is 0 Å². The molecule has 1 fully saturated rings. The van der Waals surface area contributed by atoms with Gasteiger partial charge in [0.15, 0.2) is 0 Å². The van der Waals surface area contributed by atoms with Crippen LogP contribution in [-0.4, -0.2) is 25.8 Å². The highest BCUT2D eigenvalue weighted by molar-refractivity contribution is 6.30. The highest BCUT2D eigenvalue weighted by Gasteiger charge is 2.13. The quantitative estimate of drug-likeness (QED) is 0.876. The fourth-order valence-electron chi connectivity index (χ4n) is 1.94. The molecule has 0 spiro atoms. The van der Waals surface area contributed by atoms with E-state index < -0.39 is 0 Å². The third-order valence-electron chi connectivity index (χ3n) is 2.57. The van der Waals surface area contributed by atoms with Crippen LogP contribution < -0.4 is 5.32 Å². The fraction of sp³-hybridized carbons (Fsp3) is 0.571. The maximum absolute atomic E-state index is 6.01. The van der Waals surface area contributed by atoms with Gasteiger partial charge in [-0.2, -0.15) is 0 Å². The third-order valence-corrected chi connectivity index (χ3v) is 2.79. The van der Waals surface area contributed by atoms with Crippen LogP contribution in [0.2, 0.25) is 5.02 Å². The van der Waals surface area contributed by atoms with Gasteiger partial charge in [0.2, 0.25) is 0 Å². The van der Waals surface area contributed by atoms with Crippen molar-refractivity contribution < 1.29 is 4.74 Å². The molecule has 1 unspecified atom stereocenters. The molecular weight excluding hydrogens is 234 g/mol. The van der Waals surface area contributed by atoms with Crippen LogP contribution in [0.1, 0.15) is 25.0 Å². The molecule has 0 saturated carbocycles. The maximum atomic E-state index is 6.01. The average Bonchev–Trinajstić information content (AvgIpc) is 2.31. The van der Waals surface area contributed by atoms with Gasteiger partial charge >= 0.3 is 0 Å². The first-order valence-corrected chi connectivity index (χ1v) is 6.70. The third kappa shape index (κ3) is 5.07. The van der Waals surface area contributed by atoms with E-state index in [9.17, 15) is 0 Å². The van der Waals surface area contributed by atoms with Gasteiger partial charge in [0.05, 0.1) is 12.7 Å². The van der Waals surface area contributed by atoms with Crippen molar-refractivity contribution in [2.75, 3.05) is 19.7 Å². The lowest BCUT2D eigenvalue weighted by Crippen LogP contribution is -2.39. The van der Waals surface area contributed by atoms with Crippen molar-refractivity contribution in [3.63, 3.8) is 0 Å². The van der Waals surface area contributed by atoms with E-state index in [1.807, 2.05) is 26.0 Å². The molecule has 3 heteroatoms. The molecule has 2 rings (SSSR count). The molecular formula is C14H22ClNO. The van der Waals surface area contributed by atoms with E-state index in [1.54, 1.807) is 0 Å². The second kappa shape index (κ2) is 7.70. The molecule has 96 valence electrons. The number of rotatable bonds is 2. The van der Waals surface area contributed by atoms with Crippen LogP contribution in [0.25, 0.3) is 0 Å². The van der Waals surface area contributed by atoms with Crippen molar-refractivity contribution in [3.05, 3.63) is 34.3 Å². The number of nitrogens with one attached hydrogen (secondary N) is 1. The number of hydrogen-bond acceptors (Lipinski definition) is 2. The van der Waals surface area contributed by atoms with E-state index in [0.717, 1.165) is 31.1 Å². The summed E-state index contributed by atoms with van der Waals surface area (Å²) < 4.78 is 5.66. The average molecular weight is 256 g/mol. The van der Waals surface area contributed by atoms with Gasteiger partial charge in [-0.25, -0.2) is 0 Å². The van der Waals surface area contributed by atoms with Crippen molar-refractivity contribution in [2.24, 2.45) is 0 Å². The molecule has 1 aliphatic heterocycles. The lowest BCUT2D eigenvalue weighted by molar-refractivity contribution is 0.0292. The molecule has 1 heterocycles. The largest absolute Gasteiger partial charge is 0.375 e. The Bertz CT molecular complexity index is 315. The first-order chi connectivity index (χ1) is 8.24. The number of ether oxygens (including phenoxy) is 1. The van der Waals surface area contributed by atoms with E-state index in [2.05, 4.69) is 18.3 Å². The first kappa shape index (κ1) is 14.5. The molecule has 17 heavy (non-hydrogen) atoms. The molecule has 0 aliphatic carbocycles. The Morgan fingerprint density at radius 1 is 1.35 bits per heavy atom. The minimum atomic E-state index is 0.289. The summed E-state index contributed by atoms with van der Waals surface area (Å²) in [6, 6.07) is 6.17. The molecule has 0 bridgehead atoms. The molecule has 0 radical (unpaired) electrons. The number of aryl methyl sites for hydroxylation is 1. The monoisotopic (exact) mass is 255 g/mol. The lowest BCUT2D eigenvalue weighted by atomic mass is 10.0. The van der Waals surface area contributed by atoms with Crippen LogP contribution in [0.3, 0.4) is 0 Å². The van der Waals surface area contributed by atoms with Crippen molar-refractivity contribution >= 4 is 11.6 Å². The molecule has 0 aromatic heterocycles. The Hall–Kier alpha value is -0.570. The molecule has 1 aliphatic rings. The zero-order chi connectivity index (χ0) is 12.7. The van der Waals surface area contributed by atoms with Crippen LogP contribution in [0.15, 0.2) is 18.2 Å². The second-order valence-electron chi connectivity index (χ2n) is 4.04. The summed E-state index contributed by atoms with van der Waals surface area (Å²) in [7, 11) is 0. The van der Waals surface area contributed by atoms with Gasteiger partial charge in [-0.1, -0.05) is 31.5 Å². The Labute approximate surface area is 109 Å². The highest BCUT2D eigenvalue weighted by atomic mass is 35.5. The molecule has 2 nitrogen and oxygen atoms in total. The van der Waals surface area contributed by atoms with Gasteiger partial charge in [-0.3, -0.25) is 0 Å². The molecule has 0 amide bonds. The summed E-state index contributed by atoms with van der Waals surface area (Å²) in [5.74, 6) is 0. The zero-order valence-electron chi connectivity index (χ0n) is 10.9. The standard InChI is InChI=1S/C12H16ClNO.C2H6/c1-9-4-10(6-11(13)5-9)7-12-8-14-2-3-15-12;1-2/h4-6,12,14H,2-3,7-8H2,1H3;1-2H3. The number of halogens is 1. The molecule has 1 aromatic carbocycles. The van der Waals surface area contributed by atoms with Gasteiger partial charge in [0.1, 0.15) is 0 Å². The fourth-order valence-corrected chi connectivity index (χ4v) is 2.26. The van der Waals surface area contributed by atoms with Gasteiger partial charge in [0.25, 0.3) is 0 Å². The molecule has 1 saturated heterocycles. The van der Waals surface area contributed by atoms with Crippen LogP contribution in [-0.2, 0) is 11.2 Å². The lowest BCUT2D eigenvalue weighted by Gasteiger charge is -2.23. The Morgan fingerprint density at radius 2 is 2.12 bits per heavy atom. The topological polar surface area (TPSA) is 21.3 Å². The van der Waals surface area contributed by atoms with Gasteiger partial charge in [0, 0.05) is 18.1 Å². The summed E-state index contributed by atoms with van der Waals surface area (Å²) >= 11 is 6.01. The normalized spacial score (nSPS) is 19.4. The second-order valence-corrected chi connectivity index (χ2v) is 4.47. The van der Waals surface area contributed by atoms with Crippen molar-refractivity contribution in [2.45, 2.75) is 33.3 Å². The Kier molecular flexibility index (Phi) is 6.56. The summed E-state index contributed by atoms with van der Waals surface area (Å²) in [6.45, 7) is 8.77. The SMILES string of the molecule is CC.Cc1cc(Cl)cc(CC2CNCCO2)c1. The van der Waals surface area contributed by atoms with Crippen molar-refractivity contribution in [1.82, 2.24) is 5.32 Å². The minimum absolute atomic E-state index is 0.289. The van der Waals surface area contributed by atoms with Crippen LogP contribution in [0.5, 0.6) is 0 Å². The maximum Gasteiger partial charge on any atom is 0.0740 e. The predicted molar refractivity (Wildman–Crippen MR) is 73.9 cm³/mol. The molecule has 1 N–H and O–H groups in total. The van der Waals surface area contributed by atoms with E-state index in [-0.39, 0.29) is 6.10 Å². The smallest absolute Gasteiger partial charge is 0.0740 e. The van der Waals surface area contributed by atoms with Crippen LogP contribution >= 0.6 is 11.6 Å². The van der Waals surface area contributed by atoms with Gasteiger partial charge in [-0.15, -0.1) is 0 Å². The van der Waals surface area contributed by atoms with Crippen LogP contribution in [0, 0.1) is 6.92 Å². The minimum Gasteiger partial charge on any atom is -0.375 e. The van der Waals surface area contributed by atoms with Crippen molar-refractivity contribution in [1.29, 1.82) is 0 Å². The summed E-state index contributed by atoms with van der Waals surface area (Å²) in [6.07, 6.45) is 1.23. The number of hydrogen-bond donors (Lipinski definition) is 1. The van der Waals surface area contributed by atoms with Gasteiger partial charge in [-0.05, 0) is 36.6 Å². The van der Waals surface area contributed by atoms with Gasteiger partial charge < -0.3 is 10.1 Å². The van der Waals surface area contributed by atoms with E-state index in [0.29, 0.717) is 0 Å². The number of morpholine rings is 1. The van der Waals surface area contributed by atoms with E-state index in [4.69, 9.17) is 16.3 Å². The summed E-state index contributed by atoms with van der Waals surface area (Å²) in [5.41, 5.74) is 2.47. The van der Waals surface area contributed by atoms with Crippen LogP contribution in [0.4, 0.5) is 0 Å². The Balaban J connectivity index is 0.000000686. The number of benzene rings is 1. The summed E-state index contributed by atoms with van der Waals surface area (Å²) in [5, 5.41) is 4.14. The predicted octanol–water partition coefficient (Wildman–Crippen LogP) is 3.21. The first-order valence-electron chi connectivity index (χ1n) is 6.32. The highest BCUT2D eigenvalue weighted by Crippen LogP contribution is 2.16.